The Bertz CT molecular complexity index is 1160. The molecule has 9 heteroatoms. The zero-order valence-electron chi connectivity index (χ0n) is 20.8. The lowest BCUT2D eigenvalue weighted by atomic mass is 10.1. The molecule has 0 radical (unpaired) electrons. The summed E-state index contributed by atoms with van der Waals surface area (Å²) in [4.78, 5) is 28.2. The van der Waals surface area contributed by atoms with Gasteiger partial charge in [-0.2, -0.15) is 0 Å². The summed E-state index contributed by atoms with van der Waals surface area (Å²) in [5.74, 6) is -0.734. The molecule has 3 rings (SSSR count). The third-order valence-corrected chi connectivity index (χ3v) is 8.02. The van der Waals surface area contributed by atoms with E-state index >= 15 is 0 Å². The molecule has 0 spiro atoms. The Labute approximate surface area is 213 Å². The van der Waals surface area contributed by atoms with Gasteiger partial charge in [0.25, 0.3) is 0 Å². The molecule has 190 valence electrons. The molecule has 1 aliphatic rings. The Hall–Kier alpha value is -2.58. The average Bonchev–Trinajstić information content (AvgIpc) is 3.29. The molecular formula is C26H34ClN3O4S. The van der Waals surface area contributed by atoms with Gasteiger partial charge in [0, 0.05) is 17.6 Å². The Morgan fingerprint density at radius 1 is 1.06 bits per heavy atom. The van der Waals surface area contributed by atoms with Crippen LogP contribution in [0, 0.1) is 13.8 Å². The highest BCUT2D eigenvalue weighted by molar-refractivity contribution is 7.92. The van der Waals surface area contributed by atoms with Gasteiger partial charge in [0.2, 0.25) is 21.8 Å². The predicted octanol–water partition coefficient (Wildman–Crippen LogP) is 4.20. The van der Waals surface area contributed by atoms with Crippen LogP contribution in [0.3, 0.4) is 0 Å². The summed E-state index contributed by atoms with van der Waals surface area (Å²) in [6.45, 7) is 4.95. The molecule has 0 bridgehead atoms. The number of carbonyl (C=O) groups excluding carboxylic acids is 2. The van der Waals surface area contributed by atoms with Crippen molar-refractivity contribution in [3.05, 3.63) is 64.2 Å². The Balaban J connectivity index is 1.93. The second kappa shape index (κ2) is 11.4. The molecule has 1 aliphatic carbocycles. The summed E-state index contributed by atoms with van der Waals surface area (Å²) in [5.41, 5.74) is 2.64. The fraction of sp³-hybridized carbons (Fsp3) is 0.462. The van der Waals surface area contributed by atoms with E-state index in [2.05, 4.69) is 5.32 Å². The quantitative estimate of drug-likeness (QED) is 0.538. The molecule has 35 heavy (non-hydrogen) atoms. The van der Waals surface area contributed by atoms with Gasteiger partial charge in [-0.1, -0.05) is 60.8 Å². The van der Waals surface area contributed by atoms with Crippen LogP contribution in [-0.2, 0) is 26.2 Å². The van der Waals surface area contributed by atoms with Gasteiger partial charge in [0.05, 0.1) is 11.9 Å². The number of amides is 2. The summed E-state index contributed by atoms with van der Waals surface area (Å²) >= 11 is 6.37. The van der Waals surface area contributed by atoms with Gasteiger partial charge in [-0.3, -0.25) is 13.9 Å². The number of anilines is 1. The lowest BCUT2D eigenvalue weighted by Gasteiger charge is -2.33. The number of nitrogens with zero attached hydrogens (tertiary/aromatic N) is 2. The first-order chi connectivity index (χ1) is 16.5. The normalized spacial score (nSPS) is 15.0. The SMILES string of the molecule is Cc1cccc(C)c1N(CC(=O)N(Cc1ccccc1Cl)C(C)C(=O)NC1CCCC1)S(C)(=O)=O. The Morgan fingerprint density at radius 2 is 1.66 bits per heavy atom. The largest absolute Gasteiger partial charge is 0.352 e. The molecular weight excluding hydrogens is 486 g/mol. The third kappa shape index (κ3) is 6.76. The van der Waals surface area contributed by atoms with Gasteiger partial charge in [0.15, 0.2) is 0 Å². The lowest BCUT2D eigenvalue weighted by molar-refractivity contribution is -0.139. The fourth-order valence-corrected chi connectivity index (χ4v) is 5.72. The highest BCUT2D eigenvalue weighted by atomic mass is 35.5. The topological polar surface area (TPSA) is 86.8 Å². The van der Waals surface area contributed by atoms with Crippen LogP contribution in [-0.4, -0.2) is 50.0 Å². The minimum atomic E-state index is -3.78. The molecule has 7 nitrogen and oxygen atoms in total. The van der Waals surface area contributed by atoms with Gasteiger partial charge < -0.3 is 10.2 Å². The Kier molecular flexibility index (Phi) is 8.83. The van der Waals surface area contributed by atoms with Crippen LogP contribution in [0.5, 0.6) is 0 Å². The van der Waals surface area contributed by atoms with E-state index in [4.69, 9.17) is 11.6 Å². The number of halogens is 1. The molecule has 1 N–H and O–H groups in total. The molecule has 2 amide bonds. The zero-order chi connectivity index (χ0) is 25.8. The van der Waals surface area contributed by atoms with Crippen molar-refractivity contribution >= 4 is 39.1 Å². The number of hydrogen-bond acceptors (Lipinski definition) is 4. The van der Waals surface area contributed by atoms with Crippen molar-refractivity contribution in [3.63, 3.8) is 0 Å². The van der Waals surface area contributed by atoms with Crippen LogP contribution in [0.25, 0.3) is 0 Å². The second-order valence-electron chi connectivity index (χ2n) is 9.29. The van der Waals surface area contributed by atoms with Gasteiger partial charge in [-0.05, 0) is 56.4 Å². The first-order valence-electron chi connectivity index (χ1n) is 11.9. The number of benzene rings is 2. The van der Waals surface area contributed by atoms with Gasteiger partial charge in [-0.25, -0.2) is 8.42 Å². The molecule has 1 fully saturated rings. The maximum atomic E-state index is 13.7. The summed E-state index contributed by atoms with van der Waals surface area (Å²) in [7, 11) is -3.78. The number of hydrogen-bond donors (Lipinski definition) is 1. The van der Waals surface area contributed by atoms with E-state index < -0.39 is 28.5 Å². The smallest absolute Gasteiger partial charge is 0.244 e. The molecule has 2 aromatic rings. The molecule has 1 unspecified atom stereocenters. The van der Waals surface area contributed by atoms with E-state index in [0.717, 1.165) is 47.4 Å². The van der Waals surface area contributed by atoms with E-state index in [1.54, 1.807) is 25.1 Å². The molecule has 0 aromatic heterocycles. The molecule has 0 aliphatic heterocycles. The zero-order valence-corrected chi connectivity index (χ0v) is 22.3. The van der Waals surface area contributed by atoms with Crippen molar-refractivity contribution in [1.29, 1.82) is 0 Å². The van der Waals surface area contributed by atoms with Crippen LogP contribution in [0.1, 0.15) is 49.3 Å². The van der Waals surface area contributed by atoms with Crippen molar-refractivity contribution in [1.82, 2.24) is 10.2 Å². The van der Waals surface area contributed by atoms with Crippen LogP contribution in [0.2, 0.25) is 5.02 Å². The maximum absolute atomic E-state index is 13.7. The van der Waals surface area contributed by atoms with E-state index in [1.807, 2.05) is 38.1 Å². The second-order valence-corrected chi connectivity index (χ2v) is 11.6. The Morgan fingerprint density at radius 3 is 2.23 bits per heavy atom. The van der Waals surface area contributed by atoms with E-state index in [9.17, 15) is 18.0 Å². The number of rotatable bonds is 9. The summed E-state index contributed by atoms with van der Waals surface area (Å²) < 4.78 is 26.7. The van der Waals surface area contributed by atoms with Gasteiger partial charge >= 0.3 is 0 Å². The van der Waals surface area contributed by atoms with E-state index in [1.165, 1.54) is 4.90 Å². The molecule has 1 saturated carbocycles. The van der Waals surface area contributed by atoms with Crippen LogP contribution >= 0.6 is 11.6 Å². The first-order valence-corrected chi connectivity index (χ1v) is 14.1. The summed E-state index contributed by atoms with van der Waals surface area (Å²) in [6.07, 6.45) is 5.07. The lowest BCUT2D eigenvalue weighted by Crippen LogP contribution is -2.52. The highest BCUT2D eigenvalue weighted by Gasteiger charge is 2.32. The number of para-hydroxylation sites is 1. The first kappa shape index (κ1) is 27.0. The van der Waals surface area contributed by atoms with Crippen molar-refractivity contribution in [2.45, 2.75) is 65.1 Å². The van der Waals surface area contributed by atoms with Crippen molar-refractivity contribution in [3.8, 4) is 0 Å². The molecule has 2 aromatic carbocycles. The number of sulfonamides is 1. The van der Waals surface area contributed by atoms with Gasteiger partial charge in [0.1, 0.15) is 12.6 Å². The van der Waals surface area contributed by atoms with Crippen LogP contribution in [0.4, 0.5) is 5.69 Å². The monoisotopic (exact) mass is 519 g/mol. The summed E-state index contributed by atoms with van der Waals surface area (Å²) in [5, 5.41) is 3.53. The third-order valence-electron chi connectivity index (χ3n) is 6.54. The minimum absolute atomic E-state index is 0.0854. The van der Waals surface area contributed by atoms with E-state index in [0.29, 0.717) is 16.3 Å². The van der Waals surface area contributed by atoms with Crippen molar-refractivity contribution < 1.29 is 18.0 Å². The van der Waals surface area contributed by atoms with Crippen LogP contribution in [0.15, 0.2) is 42.5 Å². The predicted molar refractivity (Wildman–Crippen MR) is 140 cm³/mol. The van der Waals surface area contributed by atoms with E-state index in [-0.39, 0.29) is 18.5 Å². The van der Waals surface area contributed by atoms with Gasteiger partial charge in [-0.15, -0.1) is 0 Å². The summed E-state index contributed by atoms with van der Waals surface area (Å²) in [6, 6.07) is 11.9. The molecule has 1 atom stereocenters. The van der Waals surface area contributed by atoms with Crippen LogP contribution < -0.4 is 9.62 Å². The number of aryl methyl sites for hydroxylation is 2. The standard InChI is InChI=1S/C26H34ClN3O4S/c1-18-10-9-11-19(2)25(18)30(35(4,33)34)17-24(31)29(16-21-12-5-8-15-23(21)27)20(3)26(32)28-22-13-6-7-14-22/h5,8-12,15,20,22H,6-7,13-14,16-17H2,1-4H3,(H,28,32). The van der Waals surface area contributed by atoms with Crippen molar-refractivity contribution in [2.75, 3.05) is 17.1 Å². The fourth-order valence-electron chi connectivity index (χ4n) is 4.56. The molecule has 0 heterocycles. The minimum Gasteiger partial charge on any atom is -0.352 e. The number of carbonyl (C=O) groups is 2. The number of nitrogens with one attached hydrogen (secondary N) is 1. The van der Waals surface area contributed by atoms with Crippen molar-refractivity contribution in [2.24, 2.45) is 0 Å². The highest BCUT2D eigenvalue weighted by Crippen LogP contribution is 2.27. The molecule has 0 saturated heterocycles. The maximum Gasteiger partial charge on any atom is 0.244 e. The average molecular weight is 520 g/mol.